The van der Waals surface area contributed by atoms with E-state index in [4.69, 9.17) is 0 Å². The second-order valence-corrected chi connectivity index (χ2v) is 3.29. The van der Waals surface area contributed by atoms with E-state index in [-0.39, 0.29) is 5.91 Å². The lowest BCUT2D eigenvalue weighted by Crippen LogP contribution is -2.47. The van der Waals surface area contributed by atoms with Crippen molar-refractivity contribution >= 4 is 17.7 Å². The third-order valence-corrected chi connectivity index (χ3v) is 2.03. The second kappa shape index (κ2) is 3.61. The molecule has 1 heterocycles. The fourth-order valence-electron chi connectivity index (χ4n) is 1.28. The van der Waals surface area contributed by atoms with E-state index in [9.17, 15) is 14.4 Å². The van der Waals surface area contributed by atoms with Gasteiger partial charge in [0.05, 0.1) is 0 Å². The molecule has 0 saturated heterocycles. The number of carbonyl (C=O) groups is 3. The average molecular weight is 196 g/mol. The van der Waals surface area contributed by atoms with Crippen LogP contribution >= 0.6 is 0 Å². The second-order valence-electron chi connectivity index (χ2n) is 3.29. The highest BCUT2D eigenvalue weighted by Crippen LogP contribution is 2.10. The molecular weight excluding hydrogens is 184 g/mol. The highest BCUT2D eigenvalue weighted by Gasteiger charge is 2.33. The lowest BCUT2D eigenvalue weighted by atomic mass is 10.2. The molecule has 1 aliphatic rings. The summed E-state index contributed by atoms with van der Waals surface area (Å²) < 4.78 is 0. The van der Waals surface area contributed by atoms with Crippen molar-refractivity contribution < 1.29 is 14.4 Å². The molecule has 1 rings (SSSR count). The molecule has 1 aliphatic heterocycles. The minimum absolute atomic E-state index is 0.268. The summed E-state index contributed by atoms with van der Waals surface area (Å²) in [6.45, 7) is 1.53. The quantitative estimate of drug-likeness (QED) is 0.553. The minimum atomic E-state index is -0.736. The van der Waals surface area contributed by atoms with Gasteiger partial charge in [0.1, 0.15) is 6.04 Å². The summed E-state index contributed by atoms with van der Waals surface area (Å²) in [5.41, 5.74) is 0. The fraction of sp³-hybridized carbons (Fsp3) is 0.444. The summed E-state index contributed by atoms with van der Waals surface area (Å²) >= 11 is 0. The summed E-state index contributed by atoms with van der Waals surface area (Å²) in [4.78, 5) is 36.2. The van der Waals surface area contributed by atoms with Crippen molar-refractivity contribution in [1.82, 2.24) is 9.80 Å². The molecule has 1 atom stereocenters. The van der Waals surface area contributed by atoms with E-state index in [0.29, 0.717) is 0 Å². The van der Waals surface area contributed by atoms with Crippen molar-refractivity contribution in [3.63, 3.8) is 0 Å². The van der Waals surface area contributed by atoms with Crippen LogP contribution in [0.5, 0.6) is 0 Å². The number of carbonyl (C=O) groups excluding carboxylic acids is 3. The van der Waals surface area contributed by atoms with Crippen LogP contribution in [0.3, 0.4) is 0 Å². The first-order valence-electron chi connectivity index (χ1n) is 4.21. The molecule has 0 bridgehead atoms. The van der Waals surface area contributed by atoms with E-state index < -0.39 is 17.9 Å². The van der Waals surface area contributed by atoms with E-state index in [1.165, 1.54) is 24.0 Å². The summed E-state index contributed by atoms with van der Waals surface area (Å²) in [7, 11) is 3.16. The van der Waals surface area contributed by atoms with Gasteiger partial charge in [0.2, 0.25) is 5.91 Å². The van der Waals surface area contributed by atoms with Gasteiger partial charge >= 0.3 is 0 Å². The van der Waals surface area contributed by atoms with Crippen LogP contribution in [0.4, 0.5) is 0 Å². The van der Waals surface area contributed by atoms with Gasteiger partial charge in [-0.1, -0.05) is 0 Å². The van der Waals surface area contributed by atoms with Gasteiger partial charge < -0.3 is 4.90 Å². The molecule has 0 saturated carbocycles. The van der Waals surface area contributed by atoms with Crippen molar-refractivity contribution in [3.05, 3.63) is 12.2 Å². The van der Waals surface area contributed by atoms with Crippen LogP contribution in [0, 0.1) is 0 Å². The van der Waals surface area contributed by atoms with Crippen molar-refractivity contribution in [1.29, 1.82) is 0 Å². The van der Waals surface area contributed by atoms with Crippen molar-refractivity contribution in [3.8, 4) is 0 Å². The predicted octanol–water partition coefficient (Wildman–Crippen LogP) is -0.612. The van der Waals surface area contributed by atoms with Crippen molar-refractivity contribution in [2.45, 2.75) is 13.0 Å². The standard InChI is InChI=1S/C9H12N2O3/c1-6(9(14)10(2)3)11-7(12)4-5-8(11)13/h4-6H,1-3H3. The Morgan fingerprint density at radius 3 is 2.07 bits per heavy atom. The number of likely N-dealkylation sites (N-methyl/N-ethyl adjacent to an activating group) is 1. The molecule has 0 aliphatic carbocycles. The Bertz CT molecular complexity index is 302. The summed E-state index contributed by atoms with van der Waals surface area (Å²) in [5.74, 6) is -1.13. The number of amides is 3. The number of hydrogen-bond acceptors (Lipinski definition) is 3. The zero-order chi connectivity index (χ0) is 10.9. The molecule has 14 heavy (non-hydrogen) atoms. The van der Waals surface area contributed by atoms with Crippen molar-refractivity contribution in [2.75, 3.05) is 14.1 Å². The highest BCUT2D eigenvalue weighted by atomic mass is 16.2. The first-order chi connectivity index (χ1) is 6.45. The number of imide groups is 1. The van der Waals surface area contributed by atoms with Gasteiger partial charge in [-0.25, -0.2) is 0 Å². The molecule has 3 amide bonds. The lowest BCUT2D eigenvalue weighted by Gasteiger charge is -2.24. The minimum Gasteiger partial charge on any atom is -0.347 e. The van der Waals surface area contributed by atoms with Crippen LogP contribution in [0.25, 0.3) is 0 Å². The molecule has 0 aromatic carbocycles. The van der Waals surface area contributed by atoms with E-state index in [2.05, 4.69) is 0 Å². The van der Waals surface area contributed by atoms with Gasteiger partial charge in [0.25, 0.3) is 11.8 Å². The topological polar surface area (TPSA) is 57.7 Å². The number of hydrogen-bond donors (Lipinski definition) is 0. The van der Waals surface area contributed by atoms with Gasteiger partial charge in [-0.15, -0.1) is 0 Å². The summed E-state index contributed by atoms with van der Waals surface area (Å²) in [6.07, 6.45) is 2.34. The van der Waals surface area contributed by atoms with Gasteiger partial charge in [0, 0.05) is 26.2 Å². The molecule has 5 nitrogen and oxygen atoms in total. The molecule has 0 aromatic heterocycles. The van der Waals surface area contributed by atoms with Crippen LogP contribution in [-0.2, 0) is 14.4 Å². The fourth-order valence-corrected chi connectivity index (χ4v) is 1.28. The van der Waals surface area contributed by atoms with E-state index in [0.717, 1.165) is 4.90 Å². The van der Waals surface area contributed by atoms with Crippen LogP contribution in [-0.4, -0.2) is 47.7 Å². The van der Waals surface area contributed by atoms with Gasteiger partial charge in [0.15, 0.2) is 0 Å². The van der Waals surface area contributed by atoms with Gasteiger partial charge in [-0.05, 0) is 6.92 Å². The maximum Gasteiger partial charge on any atom is 0.254 e. The Balaban J connectivity index is 2.80. The van der Waals surface area contributed by atoms with Crippen LogP contribution in [0.1, 0.15) is 6.92 Å². The zero-order valence-corrected chi connectivity index (χ0v) is 8.35. The predicted molar refractivity (Wildman–Crippen MR) is 49.1 cm³/mol. The largest absolute Gasteiger partial charge is 0.347 e. The summed E-state index contributed by atoms with van der Waals surface area (Å²) in [5, 5.41) is 0. The normalized spacial score (nSPS) is 17.5. The summed E-state index contributed by atoms with van der Waals surface area (Å²) in [6, 6.07) is -0.736. The Morgan fingerprint density at radius 2 is 1.71 bits per heavy atom. The Hall–Kier alpha value is -1.65. The third kappa shape index (κ3) is 1.66. The molecule has 1 unspecified atom stereocenters. The number of rotatable bonds is 2. The SMILES string of the molecule is CC(C(=O)N(C)C)N1C(=O)C=CC1=O. The molecule has 76 valence electrons. The molecule has 0 aromatic rings. The van der Waals surface area contributed by atoms with Gasteiger partial charge in [-0.3, -0.25) is 19.3 Å². The Morgan fingerprint density at radius 1 is 1.29 bits per heavy atom. The zero-order valence-electron chi connectivity index (χ0n) is 8.35. The van der Waals surface area contributed by atoms with Crippen LogP contribution < -0.4 is 0 Å². The maximum absolute atomic E-state index is 11.5. The first-order valence-corrected chi connectivity index (χ1v) is 4.21. The molecule has 0 fully saturated rings. The maximum atomic E-state index is 11.5. The lowest BCUT2D eigenvalue weighted by molar-refractivity contribution is -0.147. The third-order valence-electron chi connectivity index (χ3n) is 2.03. The van der Waals surface area contributed by atoms with Crippen LogP contribution in [0.15, 0.2) is 12.2 Å². The molecule has 0 radical (unpaired) electrons. The average Bonchev–Trinajstić information content (AvgIpc) is 2.44. The Labute approximate surface area is 82.0 Å². The Kier molecular flexibility index (Phi) is 2.69. The molecule has 0 spiro atoms. The van der Waals surface area contributed by atoms with Crippen molar-refractivity contribution in [2.24, 2.45) is 0 Å². The van der Waals surface area contributed by atoms with E-state index in [1.54, 1.807) is 14.1 Å². The number of nitrogens with zero attached hydrogens (tertiary/aromatic N) is 2. The molecular formula is C9H12N2O3. The monoisotopic (exact) mass is 196 g/mol. The van der Waals surface area contributed by atoms with E-state index >= 15 is 0 Å². The highest BCUT2D eigenvalue weighted by molar-refractivity contribution is 6.14. The van der Waals surface area contributed by atoms with Gasteiger partial charge in [-0.2, -0.15) is 0 Å². The first kappa shape index (κ1) is 10.4. The molecule has 0 N–H and O–H groups in total. The molecule has 5 heteroatoms. The van der Waals surface area contributed by atoms with E-state index in [1.807, 2.05) is 0 Å². The van der Waals surface area contributed by atoms with Crippen LogP contribution in [0.2, 0.25) is 0 Å². The smallest absolute Gasteiger partial charge is 0.254 e.